The van der Waals surface area contributed by atoms with Gasteiger partial charge in [0.05, 0.1) is 7.11 Å². The van der Waals surface area contributed by atoms with Gasteiger partial charge in [-0.15, -0.1) is 0 Å². The second-order valence-electron chi connectivity index (χ2n) is 6.90. The minimum absolute atomic E-state index is 0.0591. The van der Waals surface area contributed by atoms with Crippen LogP contribution in [0, 0.1) is 0 Å². The van der Waals surface area contributed by atoms with Crippen molar-refractivity contribution in [1.29, 1.82) is 0 Å². The molecule has 1 aromatic rings. The maximum atomic E-state index is 12.8. The van der Waals surface area contributed by atoms with Gasteiger partial charge in [0, 0.05) is 19.1 Å². The lowest BCUT2D eigenvalue weighted by atomic mass is 10.1. The number of amides is 2. The minimum atomic E-state index is -0.901. The highest BCUT2D eigenvalue weighted by atomic mass is 16.6. The topological polar surface area (TPSA) is 102 Å². The summed E-state index contributed by atoms with van der Waals surface area (Å²) in [5.74, 6) is -0.744. The van der Waals surface area contributed by atoms with Crippen LogP contribution in [0.4, 0.5) is 4.79 Å². The molecule has 2 heterocycles. The molecule has 2 saturated heterocycles. The van der Waals surface area contributed by atoms with Gasteiger partial charge >= 0.3 is 12.1 Å². The third kappa shape index (κ3) is 4.21. The minimum Gasteiger partial charge on any atom is -0.467 e. The standard InChI is InChI=1S/C19H25N3O5/c1-26-18(24)16-8-7-14-9-10-21(11-15(20)17(23)22(14)16)19(25)27-12-13-5-3-2-4-6-13/h2-6,14-16H,7-12,20H2,1H3/t14-,15+,16+/m1/s1. The number of esters is 1. The Labute approximate surface area is 158 Å². The summed E-state index contributed by atoms with van der Waals surface area (Å²) in [5.41, 5.74) is 6.94. The van der Waals surface area contributed by atoms with Crippen molar-refractivity contribution < 1.29 is 23.9 Å². The summed E-state index contributed by atoms with van der Waals surface area (Å²) in [6, 6.07) is 7.78. The van der Waals surface area contributed by atoms with Gasteiger partial charge in [-0.1, -0.05) is 30.3 Å². The number of hydrogen-bond donors (Lipinski definition) is 1. The first kappa shape index (κ1) is 19.2. The lowest BCUT2D eigenvalue weighted by Crippen LogP contribution is -2.58. The Balaban J connectivity index is 1.64. The molecule has 0 aromatic heterocycles. The molecule has 3 rings (SSSR count). The molecule has 8 nitrogen and oxygen atoms in total. The smallest absolute Gasteiger partial charge is 0.410 e. The number of benzene rings is 1. The Bertz CT molecular complexity index is 696. The van der Waals surface area contributed by atoms with Gasteiger partial charge in [-0.05, 0) is 24.8 Å². The number of rotatable bonds is 3. The van der Waals surface area contributed by atoms with Crippen molar-refractivity contribution in [1.82, 2.24) is 9.80 Å². The van der Waals surface area contributed by atoms with Crippen molar-refractivity contribution in [3.63, 3.8) is 0 Å². The molecular formula is C19H25N3O5. The number of hydrogen-bond acceptors (Lipinski definition) is 6. The summed E-state index contributed by atoms with van der Waals surface area (Å²) >= 11 is 0. The first-order valence-corrected chi connectivity index (χ1v) is 9.12. The van der Waals surface area contributed by atoms with Gasteiger partial charge < -0.3 is 25.0 Å². The highest BCUT2D eigenvalue weighted by Crippen LogP contribution is 2.29. The van der Waals surface area contributed by atoms with Gasteiger partial charge in [0.25, 0.3) is 0 Å². The van der Waals surface area contributed by atoms with Crippen LogP contribution in [0.25, 0.3) is 0 Å². The molecule has 0 bridgehead atoms. The Morgan fingerprint density at radius 3 is 2.63 bits per heavy atom. The summed E-state index contributed by atoms with van der Waals surface area (Å²) in [4.78, 5) is 40.2. The molecule has 2 N–H and O–H groups in total. The van der Waals surface area contributed by atoms with E-state index in [0.29, 0.717) is 25.8 Å². The quantitative estimate of drug-likeness (QED) is 0.787. The van der Waals surface area contributed by atoms with Crippen molar-refractivity contribution in [2.45, 2.75) is 44.0 Å². The molecule has 0 saturated carbocycles. The molecule has 2 fully saturated rings. The average Bonchev–Trinajstić information content (AvgIpc) is 3.11. The van der Waals surface area contributed by atoms with E-state index < -0.39 is 24.1 Å². The number of nitrogens with zero attached hydrogens (tertiary/aromatic N) is 2. The number of carbonyl (C=O) groups is 3. The zero-order chi connectivity index (χ0) is 19.4. The zero-order valence-corrected chi connectivity index (χ0v) is 15.4. The van der Waals surface area contributed by atoms with E-state index in [-0.39, 0.29) is 25.1 Å². The Kier molecular flexibility index (Phi) is 5.95. The van der Waals surface area contributed by atoms with Crippen LogP contribution in [-0.4, -0.2) is 66.1 Å². The van der Waals surface area contributed by atoms with E-state index in [4.69, 9.17) is 15.2 Å². The predicted molar refractivity (Wildman–Crippen MR) is 96.5 cm³/mol. The van der Waals surface area contributed by atoms with Gasteiger partial charge in [-0.25, -0.2) is 9.59 Å². The normalized spacial score (nSPS) is 25.4. The van der Waals surface area contributed by atoms with Gasteiger partial charge in [0.1, 0.15) is 18.7 Å². The second kappa shape index (κ2) is 8.39. The second-order valence-corrected chi connectivity index (χ2v) is 6.90. The molecule has 0 aliphatic carbocycles. The van der Waals surface area contributed by atoms with E-state index in [0.717, 1.165) is 5.56 Å². The van der Waals surface area contributed by atoms with E-state index in [1.165, 1.54) is 12.0 Å². The van der Waals surface area contributed by atoms with Gasteiger partial charge in [0.2, 0.25) is 5.91 Å². The average molecular weight is 375 g/mol. The summed E-state index contributed by atoms with van der Waals surface area (Å²) < 4.78 is 10.2. The number of ether oxygens (including phenoxy) is 2. The fourth-order valence-electron chi connectivity index (χ4n) is 3.75. The molecule has 0 radical (unpaired) electrons. The van der Waals surface area contributed by atoms with Crippen LogP contribution in [0.15, 0.2) is 30.3 Å². The Morgan fingerprint density at radius 1 is 1.19 bits per heavy atom. The molecule has 2 aliphatic rings. The first-order chi connectivity index (χ1) is 13.0. The van der Waals surface area contributed by atoms with Crippen molar-refractivity contribution in [2.75, 3.05) is 20.2 Å². The lowest BCUT2D eigenvalue weighted by molar-refractivity contribution is -0.153. The largest absolute Gasteiger partial charge is 0.467 e. The maximum absolute atomic E-state index is 12.8. The van der Waals surface area contributed by atoms with E-state index >= 15 is 0 Å². The van der Waals surface area contributed by atoms with Gasteiger partial charge in [0.15, 0.2) is 0 Å². The van der Waals surface area contributed by atoms with Crippen molar-refractivity contribution in [2.24, 2.45) is 5.73 Å². The number of fused-ring (bicyclic) bond motifs is 1. The molecule has 3 atom stereocenters. The van der Waals surface area contributed by atoms with Crippen LogP contribution in [0.2, 0.25) is 0 Å². The lowest BCUT2D eigenvalue weighted by Gasteiger charge is -2.36. The van der Waals surface area contributed by atoms with Crippen LogP contribution >= 0.6 is 0 Å². The third-order valence-electron chi connectivity index (χ3n) is 5.16. The monoisotopic (exact) mass is 375 g/mol. The zero-order valence-electron chi connectivity index (χ0n) is 15.4. The van der Waals surface area contributed by atoms with Crippen LogP contribution in [0.1, 0.15) is 24.8 Å². The molecule has 8 heteroatoms. The molecule has 1 aromatic carbocycles. The van der Waals surface area contributed by atoms with Crippen LogP contribution in [0.3, 0.4) is 0 Å². The summed E-state index contributed by atoms with van der Waals surface area (Å²) in [6.45, 7) is 0.645. The summed E-state index contributed by atoms with van der Waals surface area (Å²) in [5, 5.41) is 0. The first-order valence-electron chi connectivity index (χ1n) is 9.12. The molecule has 2 aliphatic heterocycles. The molecule has 0 spiro atoms. The van der Waals surface area contributed by atoms with E-state index in [2.05, 4.69) is 0 Å². The molecule has 0 unspecified atom stereocenters. The summed E-state index contributed by atoms with van der Waals surface area (Å²) in [6.07, 6.45) is 1.32. The highest BCUT2D eigenvalue weighted by Gasteiger charge is 2.44. The van der Waals surface area contributed by atoms with Crippen molar-refractivity contribution in [3.05, 3.63) is 35.9 Å². The van der Waals surface area contributed by atoms with E-state index in [1.807, 2.05) is 30.3 Å². The van der Waals surface area contributed by atoms with E-state index in [1.54, 1.807) is 4.90 Å². The van der Waals surface area contributed by atoms with Gasteiger partial charge in [-0.2, -0.15) is 0 Å². The number of nitrogens with two attached hydrogens (primary N) is 1. The molecular weight excluding hydrogens is 350 g/mol. The van der Waals surface area contributed by atoms with Crippen LogP contribution < -0.4 is 5.73 Å². The van der Waals surface area contributed by atoms with Crippen LogP contribution in [-0.2, 0) is 25.7 Å². The van der Waals surface area contributed by atoms with E-state index in [9.17, 15) is 14.4 Å². The fraction of sp³-hybridized carbons (Fsp3) is 0.526. The number of carbonyl (C=O) groups excluding carboxylic acids is 3. The predicted octanol–water partition coefficient (Wildman–Crippen LogP) is 0.889. The van der Waals surface area contributed by atoms with Gasteiger partial charge in [-0.3, -0.25) is 4.79 Å². The SMILES string of the molecule is COC(=O)[C@@H]1CC[C@@H]2CCN(C(=O)OCc3ccccc3)C[C@H](N)C(=O)N21. The maximum Gasteiger partial charge on any atom is 0.410 e. The highest BCUT2D eigenvalue weighted by molar-refractivity contribution is 5.89. The van der Waals surface area contributed by atoms with Crippen molar-refractivity contribution in [3.8, 4) is 0 Å². The molecule has 2 amide bonds. The number of methoxy groups -OCH3 is 1. The fourth-order valence-corrected chi connectivity index (χ4v) is 3.75. The Morgan fingerprint density at radius 2 is 1.93 bits per heavy atom. The molecule has 27 heavy (non-hydrogen) atoms. The molecule has 146 valence electrons. The summed E-state index contributed by atoms with van der Waals surface area (Å²) in [7, 11) is 1.31. The van der Waals surface area contributed by atoms with Crippen LogP contribution in [0.5, 0.6) is 0 Å². The third-order valence-corrected chi connectivity index (χ3v) is 5.16. The Hall–Kier alpha value is -2.61. The van der Waals surface area contributed by atoms with Crippen molar-refractivity contribution >= 4 is 18.0 Å².